The molecular formula is C23H27NO4S. The second kappa shape index (κ2) is 8.28. The first-order valence-electron chi connectivity index (χ1n) is 10.2. The van der Waals surface area contributed by atoms with Crippen molar-refractivity contribution in [1.82, 2.24) is 4.90 Å². The molecule has 0 bridgehead atoms. The lowest BCUT2D eigenvalue weighted by atomic mass is 9.73. The van der Waals surface area contributed by atoms with E-state index in [0.717, 1.165) is 11.1 Å². The van der Waals surface area contributed by atoms with Crippen molar-refractivity contribution in [1.29, 1.82) is 0 Å². The molecule has 0 saturated carbocycles. The van der Waals surface area contributed by atoms with Crippen LogP contribution in [0.5, 0.6) is 0 Å². The fourth-order valence-corrected chi connectivity index (χ4v) is 6.39. The summed E-state index contributed by atoms with van der Waals surface area (Å²) in [5, 5.41) is -0.552. The molecule has 2 aliphatic rings. The van der Waals surface area contributed by atoms with Gasteiger partial charge in [-0.15, -0.1) is 0 Å². The molecule has 0 radical (unpaired) electrons. The molecule has 154 valence electrons. The van der Waals surface area contributed by atoms with Crippen LogP contribution in [0.3, 0.4) is 0 Å². The summed E-state index contributed by atoms with van der Waals surface area (Å²) in [4.78, 5) is 15.5. The first kappa shape index (κ1) is 20.1. The molecule has 2 aromatic rings. The van der Waals surface area contributed by atoms with Crippen molar-refractivity contribution < 1.29 is 17.9 Å². The Morgan fingerprint density at radius 3 is 2.21 bits per heavy atom. The monoisotopic (exact) mass is 413 g/mol. The van der Waals surface area contributed by atoms with E-state index in [1.54, 1.807) is 4.90 Å². The van der Waals surface area contributed by atoms with Crippen molar-refractivity contribution in [3.63, 3.8) is 0 Å². The number of hydrogen-bond acceptors (Lipinski definition) is 4. The molecule has 1 unspecified atom stereocenters. The van der Waals surface area contributed by atoms with Crippen LogP contribution in [0.25, 0.3) is 0 Å². The molecular weight excluding hydrogens is 386 g/mol. The number of ether oxygens (including phenoxy) is 1. The minimum atomic E-state index is -3.31. The van der Waals surface area contributed by atoms with Gasteiger partial charge >= 0.3 is 0 Å². The maximum Gasteiger partial charge on any atom is 0.233 e. The highest BCUT2D eigenvalue weighted by molar-refractivity contribution is 7.91. The van der Waals surface area contributed by atoms with Gasteiger partial charge in [-0.3, -0.25) is 4.79 Å². The predicted octanol–water partition coefficient (Wildman–Crippen LogP) is 3.12. The van der Waals surface area contributed by atoms with Gasteiger partial charge in [-0.25, -0.2) is 8.42 Å². The minimum absolute atomic E-state index is 0.000327. The van der Waals surface area contributed by atoms with E-state index in [1.165, 1.54) is 0 Å². The Morgan fingerprint density at radius 1 is 0.931 bits per heavy atom. The summed E-state index contributed by atoms with van der Waals surface area (Å²) in [6, 6.07) is 19.2. The van der Waals surface area contributed by atoms with Crippen LogP contribution in [-0.4, -0.2) is 51.3 Å². The van der Waals surface area contributed by atoms with Crippen molar-refractivity contribution in [3.8, 4) is 0 Å². The van der Waals surface area contributed by atoms with Gasteiger partial charge in [0.25, 0.3) is 0 Å². The van der Waals surface area contributed by atoms with Gasteiger partial charge in [0.2, 0.25) is 5.91 Å². The van der Waals surface area contributed by atoms with Gasteiger partial charge in [-0.2, -0.15) is 0 Å². The molecule has 29 heavy (non-hydrogen) atoms. The van der Waals surface area contributed by atoms with E-state index >= 15 is 0 Å². The van der Waals surface area contributed by atoms with Crippen molar-refractivity contribution in [2.45, 2.75) is 29.9 Å². The number of carbonyl (C=O) groups is 1. The van der Waals surface area contributed by atoms with Crippen LogP contribution >= 0.6 is 0 Å². The molecule has 0 spiro atoms. The van der Waals surface area contributed by atoms with Gasteiger partial charge in [-0.1, -0.05) is 60.7 Å². The fourth-order valence-electron chi connectivity index (χ4n) is 4.59. The molecule has 2 fully saturated rings. The Balaban J connectivity index is 1.62. The standard InChI is InChI=1S/C23H27NO4S/c25-22(23(12-16-28-17-13-23)20-9-5-2-6-10-20)24-14-11-21(29(26,27)18-15-24)19-7-3-1-4-8-19/h1-10,21H,11-18H2. The topological polar surface area (TPSA) is 63.7 Å². The van der Waals surface area contributed by atoms with Crippen molar-refractivity contribution >= 4 is 15.7 Å². The third-order valence-electron chi connectivity index (χ3n) is 6.28. The number of hydrogen-bond donors (Lipinski definition) is 0. The second-order valence-corrected chi connectivity index (χ2v) is 10.2. The van der Waals surface area contributed by atoms with Crippen LogP contribution < -0.4 is 0 Å². The molecule has 2 aromatic carbocycles. The van der Waals surface area contributed by atoms with Crippen LogP contribution in [0.2, 0.25) is 0 Å². The molecule has 0 aromatic heterocycles. The molecule has 0 aliphatic carbocycles. The third-order valence-corrected chi connectivity index (χ3v) is 8.41. The van der Waals surface area contributed by atoms with Gasteiger partial charge in [0.15, 0.2) is 9.84 Å². The number of amides is 1. The number of carbonyl (C=O) groups excluding carboxylic acids is 1. The summed E-state index contributed by atoms with van der Waals surface area (Å²) >= 11 is 0. The lowest BCUT2D eigenvalue weighted by Gasteiger charge is -2.40. The van der Waals surface area contributed by atoms with Crippen molar-refractivity contribution in [3.05, 3.63) is 71.8 Å². The lowest BCUT2D eigenvalue weighted by Crippen LogP contribution is -2.50. The quantitative estimate of drug-likeness (QED) is 0.776. The Labute approximate surface area is 172 Å². The number of rotatable bonds is 3. The first-order chi connectivity index (χ1) is 14.0. The number of sulfone groups is 1. The van der Waals surface area contributed by atoms with E-state index in [9.17, 15) is 13.2 Å². The Kier molecular flexibility index (Phi) is 5.74. The fraction of sp³-hybridized carbons (Fsp3) is 0.435. The number of benzene rings is 2. The molecule has 6 heteroatoms. The SMILES string of the molecule is O=C(N1CCC(c2ccccc2)S(=O)(=O)CC1)C1(c2ccccc2)CCOCC1. The molecule has 2 heterocycles. The van der Waals surface area contributed by atoms with Crippen LogP contribution in [0.15, 0.2) is 60.7 Å². The minimum Gasteiger partial charge on any atom is -0.381 e. The van der Waals surface area contributed by atoms with E-state index in [2.05, 4.69) is 0 Å². The van der Waals surface area contributed by atoms with Gasteiger partial charge in [0.1, 0.15) is 0 Å². The smallest absolute Gasteiger partial charge is 0.233 e. The van der Waals surface area contributed by atoms with E-state index < -0.39 is 20.5 Å². The Bertz CT molecular complexity index is 937. The third kappa shape index (κ3) is 3.96. The first-order valence-corrected chi connectivity index (χ1v) is 11.9. The van der Waals surface area contributed by atoms with Crippen molar-refractivity contribution in [2.24, 2.45) is 0 Å². The Morgan fingerprint density at radius 2 is 1.55 bits per heavy atom. The largest absolute Gasteiger partial charge is 0.381 e. The maximum absolute atomic E-state index is 13.8. The molecule has 5 nitrogen and oxygen atoms in total. The van der Waals surface area contributed by atoms with Gasteiger partial charge < -0.3 is 9.64 Å². The van der Waals surface area contributed by atoms with E-state index in [0.29, 0.717) is 39.0 Å². The molecule has 1 atom stereocenters. The highest BCUT2D eigenvalue weighted by atomic mass is 32.2. The second-order valence-electron chi connectivity index (χ2n) is 7.91. The van der Waals surface area contributed by atoms with E-state index in [4.69, 9.17) is 4.74 Å². The van der Waals surface area contributed by atoms with E-state index in [1.807, 2.05) is 60.7 Å². The lowest BCUT2D eigenvalue weighted by molar-refractivity contribution is -0.141. The zero-order valence-electron chi connectivity index (χ0n) is 16.5. The summed E-state index contributed by atoms with van der Waals surface area (Å²) in [5.41, 5.74) is 1.18. The summed E-state index contributed by atoms with van der Waals surface area (Å²) in [5.74, 6) is 0.0376. The summed E-state index contributed by atoms with van der Waals surface area (Å²) in [7, 11) is -3.31. The summed E-state index contributed by atoms with van der Waals surface area (Å²) in [6.45, 7) is 1.78. The average molecular weight is 414 g/mol. The average Bonchev–Trinajstić information content (AvgIpc) is 2.93. The maximum atomic E-state index is 13.8. The van der Waals surface area contributed by atoms with Gasteiger partial charge in [-0.05, 0) is 30.4 Å². The van der Waals surface area contributed by atoms with Crippen LogP contribution in [-0.2, 0) is 24.8 Å². The summed E-state index contributed by atoms with van der Waals surface area (Å²) in [6.07, 6.45) is 1.68. The van der Waals surface area contributed by atoms with Crippen LogP contribution in [0.4, 0.5) is 0 Å². The van der Waals surface area contributed by atoms with Gasteiger partial charge in [0.05, 0.1) is 16.4 Å². The predicted molar refractivity (Wildman–Crippen MR) is 112 cm³/mol. The highest BCUT2D eigenvalue weighted by Crippen LogP contribution is 2.38. The zero-order chi connectivity index (χ0) is 20.3. The zero-order valence-corrected chi connectivity index (χ0v) is 17.3. The van der Waals surface area contributed by atoms with Gasteiger partial charge in [0, 0.05) is 26.3 Å². The summed E-state index contributed by atoms with van der Waals surface area (Å²) < 4.78 is 31.4. The highest BCUT2D eigenvalue weighted by Gasteiger charge is 2.45. The van der Waals surface area contributed by atoms with Crippen LogP contribution in [0.1, 0.15) is 35.6 Å². The molecule has 2 saturated heterocycles. The van der Waals surface area contributed by atoms with Crippen LogP contribution in [0, 0.1) is 0 Å². The molecule has 1 amide bonds. The molecule has 0 N–H and O–H groups in total. The normalized spacial score (nSPS) is 23.9. The Hall–Kier alpha value is -2.18. The van der Waals surface area contributed by atoms with E-state index in [-0.39, 0.29) is 18.2 Å². The number of nitrogens with zero attached hydrogens (tertiary/aromatic N) is 1. The molecule has 2 aliphatic heterocycles. The van der Waals surface area contributed by atoms with Crippen molar-refractivity contribution in [2.75, 3.05) is 32.1 Å². The molecule has 4 rings (SSSR count).